The third-order valence-electron chi connectivity index (χ3n) is 4.46. The monoisotopic (exact) mass is 389 g/mol. The molecule has 1 atom stereocenters. The lowest BCUT2D eigenvalue weighted by atomic mass is 10.1. The molecule has 0 radical (unpaired) electrons. The normalized spacial score (nSPS) is 18.1. The summed E-state index contributed by atoms with van der Waals surface area (Å²) in [6.07, 6.45) is 2.08. The number of nitrogens with zero attached hydrogens (tertiary/aromatic N) is 1. The summed E-state index contributed by atoms with van der Waals surface area (Å²) in [5.41, 5.74) is 2.73. The summed E-state index contributed by atoms with van der Waals surface area (Å²) in [4.78, 5) is 16.4. The number of benzene rings is 1. The first-order valence-corrected chi connectivity index (χ1v) is 10.6. The number of pyridine rings is 1. The number of amides is 2. The number of nitrogens with one attached hydrogen (secondary N) is 2. The van der Waals surface area contributed by atoms with Gasteiger partial charge in [-0.1, -0.05) is 24.3 Å². The molecule has 27 heavy (non-hydrogen) atoms. The smallest absolute Gasteiger partial charge is 0.315 e. The predicted octanol–water partition coefficient (Wildman–Crippen LogP) is 2.48. The first kappa shape index (κ1) is 19.2. The van der Waals surface area contributed by atoms with Crippen LogP contribution in [0, 0.1) is 13.8 Å². The van der Waals surface area contributed by atoms with E-state index in [-0.39, 0.29) is 24.1 Å². The first-order chi connectivity index (χ1) is 12.8. The number of rotatable bonds is 5. The molecule has 8 heteroatoms. The van der Waals surface area contributed by atoms with Crippen LogP contribution in [-0.4, -0.2) is 37.0 Å². The minimum absolute atomic E-state index is 0.00572. The van der Waals surface area contributed by atoms with Crippen molar-refractivity contribution in [2.75, 3.05) is 11.5 Å². The summed E-state index contributed by atoms with van der Waals surface area (Å²) < 4.78 is 29.0. The van der Waals surface area contributed by atoms with Crippen LogP contribution in [0.25, 0.3) is 0 Å². The highest BCUT2D eigenvalue weighted by atomic mass is 32.2. The standard InChI is InChI=1S/C19H23N3O4S/c1-13-5-3-6-14(2)17(13)26-18-15(7-4-9-20-18)11-21-19(23)22-16-8-10-27(24,25)12-16/h3-7,9,16H,8,10-12H2,1-2H3,(H2,21,22,23). The van der Waals surface area contributed by atoms with Gasteiger partial charge in [-0.15, -0.1) is 0 Å². The van der Waals surface area contributed by atoms with E-state index in [1.807, 2.05) is 38.1 Å². The Labute approximate surface area is 159 Å². The molecule has 2 aromatic rings. The first-order valence-electron chi connectivity index (χ1n) is 8.77. The molecule has 2 heterocycles. The number of ether oxygens (including phenoxy) is 1. The van der Waals surface area contributed by atoms with Gasteiger partial charge in [0.1, 0.15) is 5.75 Å². The molecule has 7 nitrogen and oxygen atoms in total. The Morgan fingerprint density at radius 1 is 1.22 bits per heavy atom. The average molecular weight is 389 g/mol. The van der Waals surface area contributed by atoms with E-state index < -0.39 is 15.9 Å². The van der Waals surface area contributed by atoms with Crippen LogP contribution in [0.5, 0.6) is 11.6 Å². The SMILES string of the molecule is Cc1cccc(C)c1Oc1ncccc1CNC(=O)NC1CCS(=O)(=O)C1. The third kappa shape index (κ3) is 4.97. The number of aryl methyl sites for hydroxylation is 2. The van der Waals surface area contributed by atoms with Crippen LogP contribution in [0.2, 0.25) is 0 Å². The highest BCUT2D eigenvalue weighted by Crippen LogP contribution is 2.29. The van der Waals surface area contributed by atoms with Gasteiger partial charge in [-0.2, -0.15) is 0 Å². The molecule has 0 bridgehead atoms. The molecule has 144 valence electrons. The second-order valence-corrected chi connectivity index (χ2v) is 8.95. The van der Waals surface area contributed by atoms with Gasteiger partial charge in [0.05, 0.1) is 11.5 Å². The maximum absolute atomic E-state index is 12.1. The molecule has 1 aromatic carbocycles. The Hall–Kier alpha value is -2.61. The number of sulfone groups is 1. The van der Waals surface area contributed by atoms with E-state index in [9.17, 15) is 13.2 Å². The molecule has 2 N–H and O–H groups in total. The zero-order valence-corrected chi connectivity index (χ0v) is 16.2. The Morgan fingerprint density at radius 2 is 1.96 bits per heavy atom. The predicted molar refractivity (Wildman–Crippen MR) is 103 cm³/mol. The average Bonchev–Trinajstić information content (AvgIpc) is 2.95. The van der Waals surface area contributed by atoms with Crippen molar-refractivity contribution >= 4 is 15.9 Å². The summed E-state index contributed by atoms with van der Waals surface area (Å²) in [7, 11) is -3.03. The molecule has 0 aliphatic carbocycles. The lowest BCUT2D eigenvalue weighted by Crippen LogP contribution is -2.42. The second kappa shape index (κ2) is 7.96. The van der Waals surface area contributed by atoms with Crippen LogP contribution in [-0.2, 0) is 16.4 Å². The molecule has 1 unspecified atom stereocenters. The van der Waals surface area contributed by atoms with Crippen molar-refractivity contribution in [2.45, 2.75) is 32.9 Å². The second-order valence-electron chi connectivity index (χ2n) is 6.72. The molecular weight excluding hydrogens is 366 g/mol. The lowest BCUT2D eigenvalue weighted by molar-refractivity contribution is 0.237. The molecule has 1 aromatic heterocycles. The van der Waals surface area contributed by atoms with E-state index >= 15 is 0 Å². The van der Waals surface area contributed by atoms with Crippen molar-refractivity contribution in [3.8, 4) is 11.6 Å². The molecule has 1 aliphatic rings. The van der Waals surface area contributed by atoms with Crippen LogP contribution in [0.3, 0.4) is 0 Å². The Kier molecular flexibility index (Phi) is 5.65. The third-order valence-corrected chi connectivity index (χ3v) is 6.23. The molecule has 1 saturated heterocycles. The van der Waals surface area contributed by atoms with Crippen molar-refractivity contribution < 1.29 is 17.9 Å². The number of hydrogen-bond donors (Lipinski definition) is 2. The minimum atomic E-state index is -3.03. The van der Waals surface area contributed by atoms with Crippen molar-refractivity contribution in [3.63, 3.8) is 0 Å². The van der Waals surface area contributed by atoms with Gasteiger partial charge in [-0.3, -0.25) is 0 Å². The van der Waals surface area contributed by atoms with Gasteiger partial charge in [-0.25, -0.2) is 18.2 Å². The summed E-state index contributed by atoms with van der Waals surface area (Å²) in [5, 5.41) is 5.45. The van der Waals surface area contributed by atoms with E-state index in [0.29, 0.717) is 12.3 Å². The van der Waals surface area contributed by atoms with Gasteiger partial charge in [0.15, 0.2) is 9.84 Å². The topological polar surface area (TPSA) is 97.4 Å². The lowest BCUT2D eigenvalue weighted by Gasteiger charge is -2.15. The molecule has 3 rings (SSSR count). The fraction of sp³-hybridized carbons (Fsp3) is 0.368. The van der Waals surface area contributed by atoms with Crippen LogP contribution in [0.1, 0.15) is 23.1 Å². The summed E-state index contributed by atoms with van der Waals surface area (Å²) in [6, 6.07) is 8.75. The highest BCUT2D eigenvalue weighted by molar-refractivity contribution is 7.91. The number of aromatic nitrogens is 1. The quantitative estimate of drug-likeness (QED) is 0.819. The number of para-hydroxylation sites is 1. The van der Waals surface area contributed by atoms with Gasteiger partial charge in [0.2, 0.25) is 5.88 Å². The van der Waals surface area contributed by atoms with E-state index in [1.54, 1.807) is 12.3 Å². The van der Waals surface area contributed by atoms with Crippen LogP contribution < -0.4 is 15.4 Å². The van der Waals surface area contributed by atoms with E-state index in [1.165, 1.54) is 0 Å². The van der Waals surface area contributed by atoms with Crippen LogP contribution in [0.15, 0.2) is 36.5 Å². The molecule has 2 amide bonds. The van der Waals surface area contributed by atoms with Crippen molar-refractivity contribution in [1.29, 1.82) is 0 Å². The van der Waals surface area contributed by atoms with Gasteiger partial charge in [0.25, 0.3) is 0 Å². The van der Waals surface area contributed by atoms with Crippen molar-refractivity contribution in [2.24, 2.45) is 0 Å². The van der Waals surface area contributed by atoms with Gasteiger partial charge < -0.3 is 15.4 Å². The van der Waals surface area contributed by atoms with Gasteiger partial charge in [0, 0.05) is 24.3 Å². The molecule has 0 spiro atoms. The molecular formula is C19H23N3O4S. The van der Waals surface area contributed by atoms with E-state index in [4.69, 9.17) is 4.74 Å². The fourth-order valence-electron chi connectivity index (χ4n) is 3.03. The zero-order valence-electron chi connectivity index (χ0n) is 15.4. The maximum Gasteiger partial charge on any atom is 0.315 e. The number of carbonyl (C=O) groups excluding carboxylic acids is 1. The minimum Gasteiger partial charge on any atom is -0.438 e. The highest BCUT2D eigenvalue weighted by Gasteiger charge is 2.28. The van der Waals surface area contributed by atoms with E-state index in [2.05, 4.69) is 15.6 Å². The summed E-state index contributed by atoms with van der Waals surface area (Å²) in [5.74, 6) is 1.29. The Balaban J connectivity index is 1.63. The largest absolute Gasteiger partial charge is 0.438 e. The van der Waals surface area contributed by atoms with Crippen molar-refractivity contribution in [3.05, 3.63) is 53.2 Å². The number of urea groups is 1. The van der Waals surface area contributed by atoms with Crippen molar-refractivity contribution in [1.82, 2.24) is 15.6 Å². The van der Waals surface area contributed by atoms with E-state index in [0.717, 1.165) is 22.4 Å². The van der Waals surface area contributed by atoms with Gasteiger partial charge in [-0.05, 0) is 37.5 Å². The Bertz CT molecular complexity index is 923. The summed E-state index contributed by atoms with van der Waals surface area (Å²) in [6.45, 7) is 4.15. The molecule has 0 saturated carbocycles. The summed E-state index contributed by atoms with van der Waals surface area (Å²) >= 11 is 0. The zero-order chi connectivity index (χ0) is 19.4. The maximum atomic E-state index is 12.1. The van der Waals surface area contributed by atoms with Gasteiger partial charge >= 0.3 is 6.03 Å². The molecule has 1 fully saturated rings. The molecule has 1 aliphatic heterocycles. The number of hydrogen-bond acceptors (Lipinski definition) is 5. The van der Waals surface area contributed by atoms with Crippen LogP contribution >= 0.6 is 0 Å². The number of carbonyl (C=O) groups is 1. The fourth-order valence-corrected chi connectivity index (χ4v) is 4.70. The Morgan fingerprint density at radius 3 is 2.63 bits per heavy atom. The van der Waals surface area contributed by atoms with Crippen LogP contribution in [0.4, 0.5) is 4.79 Å².